The molecule has 0 radical (unpaired) electrons. The number of aryl methyl sites for hydroxylation is 1. The lowest BCUT2D eigenvalue weighted by Gasteiger charge is -2.41. The highest BCUT2D eigenvalue weighted by atomic mass is 16.5. The highest BCUT2D eigenvalue weighted by molar-refractivity contribution is 5.96. The summed E-state index contributed by atoms with van der Waals surface area (Å²) in [4.78, 5) is 29.5. The average molecular weight is 591 g/mol. The van der Waals surface area contributed by atoms with Crippen molar-refractivity contribution in [2.24, 2.45) is 17.8 Å². The zero-order chi connectivity index (χ0) is 30.2. The van der Waals surface area contributed by atoms with Crippen LogP contribution < -0.4 is 14.8 Å². The molecule has 2 fully saturated rings. The predicted octanol–water partition coefficient (Wildman–Crippen LogP) is 2.97. The lowest BCUT2D eigenvalue weighted by atomic mass is 9.77. The zero-order valence-corrected chi connectivity index (χ0v) is 24.9. The molecule has 9 heteroatoms. The Hall–Kier alpha value is -3.40. The Labute approximate surface area is 252 Å². The van der Waals surface area contributed by atoms with Gasteiger partial charge in [0.2, 0.25) is 11.8 Å². The highest BCUT2D eigenvalue weighted by Crippen LogP contribution is 2.52. The van der Waals surface area contributed by atoms with Gasteiger partial charge in [0.05, 0.1) is 32.3 Å². The van der Waals surface area contributed by atoms with E-state index < -0.39 is 30.1 Å². The molecule has 1 aliphatic heterocycles. The smallest absolute Gasteiger partial charge is 0.247 e. The van der Waals surface area contributed by atoms with Crippen LogP contribution >= 0.6 is 0 Å². The number of hydrogen-bond acceptors (Lipinski definition) is 7. The highest BCUT2D eigenvalue weighted by Gasteiger charge is 2.52. The van der Waals surface area contributed by atoms with Crippen molar-refractivity contribution >= 4 is 11.8 Å². The fourth-order valence-corrected chi connectivity index (χ4v) is 7.84. The molecule has 0 saturated heterocycles. The van der Waals surface area contributed by atoms with Crippen molar-refractivity contribution in [3.05, 3.63) is 70.3 Å². The van der Waals surface area contributed by atoms with Crippen LogP contribution in [0.15, 0.2) is 48.0 Å². The van der Waals surface area contributed by atoms with Gasteiger partial charge in [-0.1, -0.05) is 36.2 Å². The number of methoxy groups -OCH3 is 1. The van der Waals surface area contributed by atoms with Gasteiger partial charge in [0.15, 0.2) is 11.5 Å². The van der Waals surface area contributed by atoms with Crippen LogP contribution in [0.25, 0.3) is 0 Å². The Morgan fingerprint density at radius 1 is 1.09 bits per heavy atom. The van der Waals surface area contributed by atoms with E-state index in [1.54, 1.807) is 23.1 Å². The molecule has 0 spiro atoms. The third-order valence-corrected chi connectivity index (χ3v) is 9.97. The first-order valence-corrected chi connectivity index (χ1v) is 15.4. The van der Waals surface area contributed by atoms with Crippen LogP contribution in [0.4, 0.5) is 0 Å². The predicted molar refractivity (Wildman–Crippen MR) is 159 cm³/mol. The Kier molecular flexibility index (Phi) is 8.49. The monoisotopic (exact) mass is 590 g/mol. The summed E-state index contributed by atoms with van der Waals surface area (Å²) >= 11 is 0. The fraction of sp³-hybridized carbons (Fsp3) is 0.529. The van der Waals surface area contributed by atoms with Crippen molar-refractivity contribution in [3.8, 4) is 11.5 Å². The maximum Gasteiger partial charge on any atom is 0.247 e. The molecule has 9 nitrogen and oxygen atoms in total. The second-order valence-corrected chi connectivity index (χ2v) is 12.7. The standard InChI is InChI=1S/C34H42N2O7/c1-19-3-5-20(6-4-19)17-36(29(39)15-24-12-21-7-8-23(24)11-21)27-16-26(34(41)35-9-10-37)30-25-13-22(18-38)14-28(42-2)32(25)43-33(30)31(27)40/h3-6,13-14,16,21,23-24,27,30-31,33,37-38,40H,7-12,15,17-18H2,1-2H3,(H,35,41). The normalized spacial score (nSPS) is 28.5. The molecule has 2 aromatic carbocycles. The average Bonchev–Trinajstić information content (AvgIpc) is 3.74. The first-order chi connectivity index (χ1) is 20.8. The van der Waals surface area contributed by atoms with Crippen molar-refractivity contribution in [1.82, 2.24) is 10.2 Å². The zero-order valence-electron chi connectivity index (χ0n) is 24.9. The molecule has 2 bridgehead atoms. The Bertz CT molecular complexity index is 1390. The van der Waals surface area contributed by atoms with Gasteiger partial charge >= 0.3 is 0 Å². The third kappa shape index (κ3) is 5.66. The molecule has 2 saturated carbocycles. The Morgan fingerprint density at radius 3 is 2.53 bits per heavy atom. The first-order valence-electron chi connectivity index (χ1n) is 15.4. The van der Waals surface area contributed by atoms with Crippen LogP contribution in [0.3, 0.4) is 0 Å². The molecular formula is C34H42N2O7. The number of carbonyl (C=O) groups is 2. The number of carbonyl (C=O) groups excluding carboxylic acids is 2. The number of ether oxygens (including phenoxy) is 2. The quantitative estimate of drug-likeness (QED) is 0.335. The van der Waals surface area contributed by atoms with Crippen molar-refractivity contribution < 1.29 is 34.4 Å². The summed E-state index contributed by atoms with van der Waals surface area (Å²) in [7, 11) is 1.50. The summed E-state index contributed by atoms with van der Waals surface area (Å²) in [5.74, 6) is 1.34. The molecule has 3 aliphatic carbocycles. The number of amides is 2. The molecule has 43 heavy (non-hydrogen) atoms. The van der Waals surface area contributed by atoms with E-state index in [0.717, 1.165) is 17.5 Å². The molecule has 2 aromatic rings. The van der Waals surface area contributed by atoms with Gasteiger partial charge in [-0.3, -0.25) is 9.59 Å². The Balaban J connectivity index is 1.39. The van der Waals surface area contributed by atoms with Gasteiger partial charge in [0.1, 0.15) is 12.2 Å². The van der Waals surface area contributed by atoms with Crippen molar-refractivity contribution in [2.75, 3.05) is 20.3 Å². The SMILES string of the molecule is COc1cc(CO)cc2c1OC1C2C(C(=O)NCCO)=CC(N(Cc2ccc(C)cc2)C(=O)CC2CC3CCC2C3)C1O. The molecule has 7 atom stereocenters. The lowest BCUT2D eigenvalue weighted by Crippen LogP contribution is -2.55. The molecule has 4 aliphatic rings. The van der Waals surface area contributed by atoms with E-state index in [1.165, 1.54) is 26.4 Å². The van der Waals surface area contributed by atoms with Gasteiger partial charge in [-0.25, -0.2) is 0 Å². The van der Waals surface area contributed by atoms with Gasteiger partial charge in [-0.05, 0) is 73.3 Å². The maximum atomic E-state index is 14.2. The van der Waals surface area contributed by atoms with Crippen LogP contribution in [-0.2, 0) is 22.7 Å². The number of fused-ring (bicyclic) bond motifs is 5. The van der Waals surface area contributed by atoms with Crippen molar-refractivity contribution in [2.45, 2.75) is 76.3 Å². The van der Waals surface area contributed by atoms with E-state index in [9.17, 15) is 24.9 Å². The molecule has 6 rings (SSSR count). The minimum Gasteiger partial charge on any atom is -0.493 e. The molecule has 0 aromatic heterocycles. The van der Waals surface area contributed by atoms with E-state index in [4.69, 9.17) is 9.47 Å². The number of benzene rings is 2. The molecule has 1 heterocycles. The first kappa shape index (κ1) is 29.7. The van der Waals surface area contributed by atoms with E-state index >= 15 is 0 Å². The number of aliphatic hydroxyl groups excluding tert-OH is 3. The number of aliphatic hydroxyl groups is 3. The minimum atomic E-state index is -1.14. The second-order valence-electron chi connectivity index (χ2n) is 12.7. The van der Waals surface area contributed by atoms with Crippen LogP contribution in [0.2, 0.25) is 0 Å². The van der Waals surface area contributed by atoms with Gasteiger partial charge in [0.25, 0.3) is 0 Å². The van der Waals surface area contributed by atoms with Crippen LogP contribution in [0.5, 0.6) is 11.5 Å². The van der Waals surface area contributed by atoms with Gasteiger partial charge in [-0.2, -0.15) is 0 Å². The number of rotatable bonds is 10. The molecule has 230 valence electrons. The maximum absolute atomic E-state index is 14.2. The summed E-state index contributed by atoms with van der Waals surface area (Å²) in [6, 6.07) is 10.6. The summed E-state index contributed by atoms with van der Waals surface area (Å²) in [6.45, 7) is 1.90. The minimum absolute atomic E-state index is 0.0392. The van der Waals surface area contributed by atoms with E-state index in [1.807, 2.05) is 31.2 Å². The van der Waals surface area contributed by atoms with E-state index in [2.05, 4.69) is 5.32 Å². The summed E-state index contributed by atoms with van der Waals surface area (Å²) in [5, 5.41) is 34.0. The molecule has 4 N–H and O–H groups in total. The van der Waals surface area contributed by atoms with Crippen molar-refractivity contribution in [3.63, 3.8) is 0 Å². The molecule has 2 amide bonds. The second kappa shape index (κ2) is 12.3. The molecular weight excluding hydrogens is 548 g/mol. The fourth-order valence-electron chi connectivity index (χ4n) is 7.84. The number of nitrogens with one attached hydrogen (secondary N) is 1. The topological polar surface area (TPSA) is 129 Å². The van der Waals surface area contributed by atoms with Crippen LogP contribution in [-0.4, -0.2) is 70.5 Å². The van der Waals surface area contributed by atoms with Crippen LogP contribution in [0.1, 0.15) is 60.3 Å². The number of nitrogens with zero attached hydrogens (tertiary/aromatic N) is 1. The molecule has 7 unspecified atom stereocenters. The summed E-state index contributed by atoms with van der Waals surface area (Å²) in [6.07, 6.45) is 4.83. The largest absolute Gasteiger partial charge is 0.493 e. The summed E-state index contributed by atoms with van der Waals surface area (Å²) in [5.41, 5.74) is 3.63. The third-order valence-electron chi connectivity index (χ3n) is 9.97. The van der Waals surface area contributed by atoms with Crippen LogP contribution in [0, 0.1) is 24.7 Å². The van der Waals surface area contributed by atoms with Gasteiger partial charge in [-0.15, -0.1) is 0 Å². The number of hydrogen-bond donors (Lipinski definition) is 4. The summed E-state index contributed by atoms with van der Waals surface area (Å²) < 4.78 is 11.9. The van der Waals surface area contributed by atoms with Crippen molar-refractivity contribution in [1.29, 1.82) is 0 Å². The van der Waals surface area contributed by atoms with E-state index in [0.29, 0.717) is 52.4 Å². The Morgan fingerprint density at radius 2 is 1.88 bits per heavy atom. The van der Waals surface area contributed by atoms with E-state index in [-0.39, 0.29) is 32.2 Å². The van der Waals surface area contributed by atoms with Gasteiger partial charge in [0, 0.05) is 30.6 Å². The van der Waals surface area contributed by atoms with Gasteiger partial charge < -0.3 is 35.0 Å². The lowest BCUT2D eigenvalue weighted by molar-refractivity contribution is -0.139.